The lowest BCUT2D eigenvalue weighted by Gasteiger charge is -2.31. The molecule has 1 fully saturated rings. The van der Waals surface area contributed by atoms with Gasteiger partial charge in [-0.15, -0.1) is 18.3 Å². The van der Waals surface area contributed by atoms with E-state index in [1.54, 1.807) is 12.1 Å². The summed E-state index contributed by atoms with van der Waals surface area (Å²) in [5.41, 5.74) is 3.49. The number of aliphatic imine (C=N–C) groups is 2. The highest BCUT2D eigenvalue weighted by Gasteiger charge is 2.31. The normalized spacial score (nSPS) is 15.7. The van der Waals surface area contributed by atoms with Crippen molar-refractivity contribution >= 4 is 34.9 Å². The fraction of sp³-hybridized carbons (Fsp3) is 0.258. The van der Waals surface area contributed by atoms with Crippen molar-refractivity contribution in [1.82, 2.24) is 14.8 Å². The lowest BCUT2D eigenvalue weighted by Crippen LogP contribution is -2.35. The lowest BCUT2D eigenvalue weighted by atomic mass is 10.0. The van der Waals surface area contributed by atoms with Crippen LogP contribution in [0.5, 0.6) is 5.75 Å². The van der Waals surface area contributed by atoms with E-state index in [1.807, 2.05) is 23.1 Å². The number of urea groups is 1. The molecule has 1 unspecified atom stereocenters. The van der Waals surface area contributed by atoms with E-state index in [2.05, 4.69) is 44.7 Å². The van der Waals surface area contributed by atoms with Crippen molar-refractivity contribution in [3.8, 4) is 22.8 Å². The third kappa shape index (κ3) is 7.70. The Kier molecular flexibility index (Phi) is 9.43. The van der Waals surface area contributed by atoms with Crippen LogP contribution in [0.1, 0.15) is 43.5 Å². The maximum Gasteiger partial charge on any atom is 0.573 e. The number of ether oxygens (including phenoxy) is 1. The maximum atomic E-state index is 15.0. The van der Waals surface area contributed by atoms with Crippen LogP contribution in [0.15, 0.2) is 89.1 Å². The van der Waals surface area contributed by atoms with E-state index >= 15 is 0 Å². The molecule has 13 heteroatoms. The van der Waals surface area contributed by atoms with Crippen molar-refractivity contribution in [2.24, 2.45) is 9.98 Å². The number of carbonyl (C=O) groups is 1. The number of carbonyl (C=O) groups excluding carboxylic acids is 1. The van der Waals surface area contributed by atoms with Gasteiger partial charge in [-0.1, -0.05) is 68.1 Å². The SMILES string of the molecule is CC(C)c1ccccc1N1CCCSC1=NC(=O)N=CC(F)c1ccc(-c2ncn(-c3ccc(OC(F)(F)F)cc3)n2)cc1. The number of rotatable bonds is 7. The van der Waals surface area contributed by atoms with Crippen LogP contribution < -0.4 is 9.64 Å². The number of amides is 2. The van der Waals surface area contributed by atoms with E-state index in [0.29, 0.717) is 28.2 Å². The van der Waals surface area contributed by atoms with Gasteiger partial charge in [-0.3, -0.25) is 0 Å². The van der Waals surface area contributed by atoms with Gasteiger partial charge in [0.05, 0.1) is 5.69 Å². The predicted octanol–water partition coefficient (Wildman–Crippen LogP) is 8.16. The van der Waals surface area contributed by atoms with Crippen LogP contribution in [0.2, 0.25) is 0 Å². The van der Waals surface area contributed by atoms with Crippen LogP contribution in [0.25, 0.3) is 17.1 Å². The second-order valence-corrected chi connectivity index (χ2v) is 11.2. The molecule has 2 heterocycles. The average Bonchev–Trinajstić information content (AvgIpc) is 3.50. The van der Waals surface area contributed by atoms with Crippen molar-refractivity contribution in [2.45, 2.75) is 38.7 Å². The summed E-state index contributed by atoms with van der Waals surface area (Å²) in [7, 11) is 0. The molecule has 1 aliphatic heterocycles. The summed E-state index contributed by atoms with van der Waals surface area (Å²) in [5, 5.41) is 4.89. The monoisotopic (exact) mass is 624 g/mol. The van der Waals surface area contributed by atoms with Crippen LogP contribution in [0.4, 0.5) is 28.0 Å². The smallest absolute Gasteiger partial charge is 0.406 e. The fourth-order valence-corrected chi connectivity index (χ4v) is 5.50. The first-order valence-electron chi connectivity index (χ1n) is 13.8. The number of alkyl halides is 4. The van der Waals surface area contributed by atoms with Gasteiger partial charge in [0.2, 0.25) is 0 Å². The topological polar surface area (TPSA) is 85.0 Å². The number of benzene rings is 3. The molecule has 4 aromatic rings. The number of amidine groups is 1. The van der Waals surface area contributed by atoms with Crippen molar-refractivity contribution < 1.29 is 27.1 Å². The summed E-state index contributed by atoms with van der Waals surface area (Å²) in [4.78, 5) is 26.8. The first-order chi connectivity index (χ1) is 21.1. The zero-order valence-corrected chi connectivity index (χ0v) is 24.6. The first kappa shape index (κ1) is 30.9. The van der Waals surface area contributed by atoms with Gasteiger partial charge in [0.15, 0.2) is 17.2 Å². The number of anilines is 1. The largest absolute Gasteiger partial charge is 0.573 e. The Bertz CT molecular complexity index is 1650. The van der Waals surface area contributed by atoms with E-state index < -0.39 is 18.6 Å². The van der Waals surface area contributed by atoms with Crippen molar-refractivity contribution in [3.63, 3.8) is 0 Å². The third-order valence-electron chi connectivity index (χ3n) is 6.66. The molecule has 0 spiro atoms. The average molecular weight is 625 g/mol. The number of thioether (sulfide) groups is 1. The lowest BCUT2D eigenvalue weighted by molar-refractivity contribution is -0.274. The Morgan fingerprint density at radius 3 is 2.48 bits per heavy atom. The molecule has 1 atom stereocenters. The zero-order chi connectivity index (χ0) is 31.3. The summed E-state index contributed by atoms with van der Waals surface area (Å²) >= 11 is 1.48. The molecule has 1 saturated heterocycles. The van der Waals surface area contributed by atoms with Crippen molar-refractivity contribution in [2.75, 3.05) is 17.2 Å². The van der Waals surface area contributed by atoms with Crippen LogP contribution in [-0.4, -0.2) is 50.8 Å². The summed E-state index contributed by atoms with van der Waals surface area (Å²) in [5.74, 6) is 1.10. The molecule has 1 aromatic heterocycles. The second kappa shape index (κ2) is 13.4. The highest BCUT2D eigenvalue weighted by Crippen LogP contribution is 2.32. The number of para-hydroxylation sites is 1. The van der Waals surface area contributed by atoms with E-state index in [9.17, 15) is 22.4 Å². The molecule has 0 radical (unpaired) electrons. The number of nitrogens with zero attached hydrogens (tertiary/aromatic N) is 6. The van der Waals surface area contributed by atoms with Gasteiger partial charge < -0.3 is 9.64 Å². The number of halogens is 4. The van der Waals surface area contributed by atoms with Crippen LogP contribution in [0.3, 0.4) is 0 Å². The minimum Gasteiger partial charge on any atom is -0.406 e. The minimum atomic E-state index is -4.78. The predicted molar refractivity (Wildman–Crippen MR) is 164 cm³/mol. The molecule has 3 aromatic carbocycles. The quantitative estimate of drug-likeness (QED) is 0.152. The van der Waals surface area contributed by atoms with Crippen molar-refractivity contribution in [1.29, 1.82) is 0 Å². The summed E-state index contributed by atoms with van der Waals surface area (Å²) in [6.07, 6.45) is -3.14. The van der Waals surface area contributed by atoms with Gasteiger partial charge in [0.1, 0.15) is 12.1 Å². The molecule has 0 aliphatic carbocycles. The highest BCUT2D eigenvalue weighted by molar-refractivity contribution is 8.14. The zero-order valence-electron chi connectivity index (χ0n) is 23.8. The third-order valence-corrected chi connectivity index (χ3v) is 7.72. The summed E-state index contributed by atoms with van der Waals surface area (Å²) < 4.78 is 57.4. The Balaban J connectivity index is 1.23. The van der Waals surface area contributed by atoms with Gasteiger partial charge in [-0.2, -0.15) is 4.99 Å². The molecule has 0 N–H and O–H groups in total. The van der Waals surface area contributed by atoms with E-state index in [0.717, 1.165) is 36.2 Å². The molecule has 228 valence electrons. The number of hydrogen-bond acceptors (Lipinski definition) is 5. The number of hydrogen-bond donors (Lipinski definition) is 0. The molecule has 0 saturated carbocycles. The van der Waals surface area contributed by atoms with Crippen LogP contribution in [-0.2, 0) is 0 Å². The van der Waals surface area contributed by atoms with Gasteiger partial charge in [-0.25, -0.2) is 23.8 Å². The second-order valence-electron chi connectivity index (χ2n) is 10.1. The molecule has 44 heavy (non-hydrogen) atoms. The Labute approximate surface area is 255 Å². The molecule has 0 bridgehead atoms. The maximum absolute atomic E-state index is 15.0. The van der Waals surface area contributed by atoms with Gasteiger partial charge in [0, 0.05) is 29.8 Å². The minimum absolute atomic E-state index is 0.275. The van der Waals surface area contributed by atoms with Crippen LogP contribution >= 0.6 is 11.8 Å². The van der Waals surface area contributed by atoms with E-state index in [4.69, 9.17) is 0 Å². The van der Waals surface area contributed by atoms with Crippen molar-refractivity contribution in [3.05, 3.63) is 90.3 Å². The van der Waals surface area contributed by atoms with Gasteiger partial charge >= 0.3 is 12.4 Å². The van der Waals surface area contributed by atoms with E-state index in [1.165, 1.54) is 59.2 Å². The van der Waals surface area contributed by atoms with E-state index in [-0.39, 0.29) is 11.3 Å². The molecule has 1 aliphatic rings. The Morgan fingerprint density at radius 1 is 1.05 bits per heavy atom. The standard InChI is InChI=1S/C31H28F4N6O2S/c1-20(2)25-6-3-4-7-27(25)40-16-5-17-44-30(40)38-29(42)36-18-26(32)21-8-10-22(11-9-21)28-37-19-41(39-28)23-12-14-24(15-13-23)43-31(33,34)35/h3-4,6-15,18-20,26H,5,16-17H2,1-2H3. The molecule has 5 rings (SSSR count). The Morgan fingerprint density at radius 2 is 1.77 bits per heavy atom. The molecular weight excluding hydrogens is 596 g/mol. The van der Waals surface area contributed by atoms with Crippen LogP contribution in [0, 0.1) is 0 Å². The highest BCUT2D eigenvalue weighted by atomic mass is 32.2. The summed E-state index contributed by atoms with van der Waals surface area (Å²) in [6.45, 7) is 4.95. The van der Waals surface area contributed by atoms with Gasteiger partial charge in [-0.05, 0) is 53.8 Å². The first-order valence-corrected chi connectivity index (χ1v) is 14.7. The van der Waals surface area contributed by atoms with Gasteiger partial charge in [0.25, 0.3) is 0 Å². The Hall–Kier alpha value is -4.52. The molecule has 8 nitrogen and oxygen atoms in total. The molecular formula is C31H28F4N6O2S. The number of aromatic nitrogens is 3. The summed E-state index contributed by atoms with van der Waals surface area (Å²) in [6, 6.07) is 18.7. The fourth-order valence-electron chi connectivity index (χ4n) is 4.56. The molecule has 2 amide bonds.